The zero-order valence-electron chi connectivity index (χ0n) is 19.8. The third-order valence-electron chi connectivity index (χ3n) is 5.59. The maximum Gasteiger partial charge on any atom is 0.293 e. The molecular weight excluding hydrogens is 492 g/mol. The highest BCUT2D eigenvalue weighted by Gasteiger charge is 2.16. The lowest BCUT2D eigenvalue weighted by Gasteiger charge is -2.09. The first-order valence-electron chi connectivity index (χ1n) is 11.2. The maximum absolute atomic E-state index is 12.6. The van der Waals surface area contributed by atoms with Crippen molar-refractivity contribution in [2.45, 2.75) is 13.8 Å². The van der Waals surface area contributed by atoms with Crippen molar-refractivity contribution in [3.63, 3.8) is 0 Å². The molecule has 2 N–H and O–H groups in total. The molecule has 0 fully saturated rings. The predicted molar refractivity (Wildman–Crippen MR) is 143 cm³/mol. The van der Waals surface area contributed by atoms with Gasteiger partial charge in [0.05, 0.1) is 4.92 Å². The quantitative estimate of drug-likeness (QED) is 0.157. The van der Waals surface area contributed by atoms with Crippen LogP contribution in [-0.2, 0) is 0 Å². The van der Waals surface area contributed by atoms with Gasteiger partial charge in [0.1, 0.15) is 11.3 Å². The van der Waals surface area contributed by atoms with Crippen LogP contribution in [0.2, 0.25) is 0 Å². The first-order valence-corrected chi connectivity index (χ1v) is 11.6. The lowest BCUT2D eigenvalue weighted by atomic mass is 10.1. The van der Waals surface area contributed by atoms with Crippen LogP contribution in [0.3, 0.4) is 0 Å². The molecule has 184 valence electrons. The molecule has 5 aromatic rings. The number of carbonyl (C=O) groups excluding carboxylic acids is 1. The average Bonchev–Trinajstić information content (AvgIpc) is 3.52. The van der Waals surface area contributed by atoms with Gasteiger partial charge in [-0.25, -0.2) is 4.98 Å². The van der Waals surface area contributed by atoms with Crippen LogP contribution in [0, 0.1) is 24.0 Å². The summed E-state index contributed by atoms with van der Waals surface area (Å²) in [4.78, 5) is 27.8. The van der Waals surface area contributed by atoms with E-state index in [1.54, 1.807) is 24.3 Å². The van der Waals surface area contributed by atoms with E-state index < -0.39 is 10.8 Å². The normalized spacial score (nSPS) is 10.9. The summed E-state index contributed by atoms with van der Waals surface area (Å²) >= 11 is 5.30. The summed E-state index contributed by atoms with van der Waals surface area (Å²) in [6, 6.07) is 20.3. The zero-order chi connectivity index (χ0) is 26.1. The van der Waals surface area contributed by atoms with Crippen molar-refractivity contribution in [2.75, 3.05) is 5.32 Å². The summed E-state index contributed by atoms with van der Waals surface area (Å²) in [6.07, 6.45) is 0. The Kier molecular flexibility index (Phi) is 6.24. The third kappa shape index (κ3) is 5.09. The molecule has 0 aliphatic rings. The lowest BCUT2D eigenvalue weighted by Crippen LogP contribution is -2.33. The summed E-state index contributed by atoms with van der Waals surface area (Å²) in [5, 5.41) is 16.6. The number of nitro benzene ring substituents is 1. The van der Waals surface area contributed by atoms with E-state index >= 15 is 0 Å². The Labute approximate surface area is 216 Å². The number of amides is 1. The Balaban J connectivity index is 1.28. The summed E-state index contributed by atoms with van der Waals surface area (Å²) in [5.41, 5.74) is 5.44. The number of thiocarbonyl (C=S) groups is 1. The number of aryl methyl sites for hydroxylation is 2. The fourth-order valence-corrected chi connectivity index (χ4v) is 4.16. The summed E-state index contributed by atoms with van der Waals surface area (Å²) in [5.74, 6) is 0.252. The van der Waals surface area contributed by atoms with Gasteiger partial charge < -0.3 is 14.2 Å². The van der Waals surface area contributed by atoms with Crippen LogP contribution >= 0.6 is 12.2 Å². The van der Waals surface area contributed by atoms with Gasteiger partial charge in [0.25, 0.3) is 11.6 Å². The molecule has 0 spiro atoms. The minimum Gasteiger partial charge on any atom is -0.451 e. The molecule has 0 aliphatic heterocycles. The first kappa shape index (κ1) is 23.9. The van der Waals surface area contributed by atoms with Gasteiger partial charge in [0.15, 0.2) is 16.5 Å². The number of non-ortho nitro benzene ring substituents is 1. The highest BCUT2D eigenvalue weighted by Crippen LogP contribution is 2.29. The van der Waals surface area contributed by atoms with E-state index in [4.69, 9.17) is 21.1 Å². The van der Waals surface area contributed by atoms with Gasteiger partial charge in [-0.05, 0) is 73.6 Å². The number of hydrogen-bond donors (Lipinski definition) is 2. The van der Waals surface area contributed by atoms with Crippen molar-refractivity contribution in [1.29, 1.82) is 0 Å². The number of nitrogens with zero attached hydrogens (tertiary/aromatic N) is 2. The second kappa shape index (κ2) is 9.67. The van der Waals surface area contributed by atoms with Crippen molar-refractivity contribution in [2.24, 2.45) is 0 Å². The van der Waals surface area contributed by atoms with E-state index in [9.17, 15) is 14.9 Å². The van der Waals surface area contributed by atoms with Gasteiger partial charge in [-0.1, -0.05) is 24.3 Å². The molecule has 5 rings (SSSR count). The van der Waals surface area contributed by atoms with Crippen molar-refractivity contribution in [1.82, 2.24) is 10.3 Å². The van der Waals surface area contributed by atoms with Crippen molar-refractivity contribution < 1.29 is 18.6 Å². The molecule has 2 aromatic heterocycles. The molecule has 10 heteroatoms. The second-order valence-electron chi connectivity index (χ2n) is 8.41. The van der Waals surface area contributed by atoms with E-state index in [0.29, 0.717) is 22.9 Å². The Morgan fingerprint density at radius 3 is 2.57 bits per heavy atom. The first-order chi connectivity index (χ1) is 17.8. The summed E-state index contributed by atoms with van der Waals surface area (Å²) in [7, 11) is 0. The fourth-order valence-electron chi connectivity index (χ4n) is 3.94. The number of anilines is 1. The van der Waals surface area contributed by atoms with Crippen LogP contribution in [0.15, 0.2) is 81.6 Å². The molecule has 0 bridgehead atoms. The minimum atomic E-state index is -0.560. The lowest BCUT2D eigenvalue weighted by molar-refractivity contribution is -0.384. The number of oxazole rings is 1. The number of nitrogens with one attached hydrogen (secondary N) is 2. The standard InChI is InChI=1S/C27H20N4O5S/c1-15-11-16(2)24-21(12-15)29-26(36-24)18-6-3-7-19(13-18)28-27(37)30-25(32)23-10-9-22(35-23)17-5-4-8-20(14-17)31(33)34/h3-14H,1-2H3,(H2,28,30,32,37). The number of nitro groups is 1. The predicted octanol–water partition coefficient (Wildman–Crippen LogP) is 6.41. The van der Waals surface area contributed by atoms with Crippen LogP contribution in [0.1, 0.15) is 21.7 Å². The molecule has 0 radical (unpaired) electrons. The summed E-state index contributed by atoms with van der Waals surface area (Å²) in [6.45, 7) is 3.99. The Hall–Kier alpha value is -4.83. The minimum absolute atomic E-state index is 0.0107. The van der Waals surface area contributed by atoms with Crippen molar-refractivity contribution >= 4 is 45.7 Å². The number of aromatic nitrogens is 1. The van der Waals surface area contributed by atoms with E-state index in [1.165, 1.54) is 18.2 Å². The van der Waals surface area contributed by atoms with Crippen LogP contribution in [0.25, 0.3) is 33.9 Å². The summed E-state index contributed by atoms with van der Waals surface area (Å²) < 4.78 is 11.6. The number of fused-ring (bicyclic) bond motifs is 1. The third-order valence-corrected chi connectivity index (χ3v) is 5.79. The Morgan fingerprint density at radius 1 is 0.973 bits per heavy atom. The Morgan fingerprint density at radius 2 is 1.76 bits per heavy atom. The average molecular weight is 513 g/mol. The van der Waals surface area contributed by atoms with Gasteiger partial charge in [0, 0.05) is 28.9 Å². The van der Waals surface area contributed by atoms with Crippen molar-refractivity contribution in [3.05, 3.63) is 99.8 Å². The second-order valence-corrected chi connectivity index (χ2v) is 8.82. The highest BCUT2D eigenvalue weighted by atomic mass is 32.1. The van der Waals surface area contributed by atoms with E-state index in [0.717, 1.165) is 27.8 Å². The van der Waals surface area contributed by atoms with Gasteiger partial charge in [-0.3, -0.25) is 20.2 Å². The van der Waals surface area contributed by atoms with Crippen LogP contribution in [0.4, 0.5) is 11.4 Å². The van der Waals surface area contributed by atoms with Gasteiger partial charge in [-0.2, -0.15) is 0 Å². The van der Waals surface area contributed by atoms with E-state index in [-0.39, 0.29) is 16.6 Å². The number of rotatable bonds is 5. The van der Waals surface area contributed by atoms with Crippen LogP contribution in [0.5, 0.6) is 0 Å². The fraction of sp³-hybridized carbons (Fsp3) is 0.0741. The maximum atomic E-state index is 12.6. The molecule has 3 aromatic carbocycles. The molecule has 0 unspecified atom stereocenters. The zero-order valence-corrected chi connectivity index (χ0v) is 20.6. The Bertz CT molecular complexity index is 1690. The molecule has 0 saturated carbocycles. The molecular formula is C27H20N4O5S. The number of benzene rings is 3. The van der Waals surface area contributed by atoms with E-state index in [1.807, 2.05) is 44.2 Å². The van der Waals surface area contributed by atoms with Crippen molar-refractivity contribution in [3.8, 4) is 22.8 Å². The van der Waals surface area contributed by atoms with Crippen LogP contribution < -0.4 is 10.6 Å². The molecule has 0 atom stereocenters. The molecule has 2 heterocycles. The smallest absolute Gasteiger partial charge is 0.293 e. The number of furan rings is 1. The highest BCUT2D eigenvalue weighted by molar-refractivity contribution is 7.80. The van der Waals surface area contributed by atoms with Gasteiger partial charge in [0.2, 0.25) is 5.89 Å². The number of carbonyl (C=O) groups is 1. The molecule has 1 amide bonds. The van der Waals surface area contributed by atoms with Crippen LogP contribution in [-0.4, -0.2) is 20.9 Å². The van der Waals surface area contributed by atoms with Gasteiger partial charge in [-0.15, -0.1) is 0 Å². The molecule has 0 aliphatic carbocycles. The van der Waals surface area contributed by atoms with Gasteiger partial charge >= 0.3 is 0 Å². The number of hydrogen-bond acceptors (Lipinski definition) is 7. The molecule has 9 nitrogen and oxygen atoms in total. The SMILES string of the molecule is Cc1cc(C)c2oc(-c3cccc(NC(=S)NC(=O)c4ccc(-c5cccc([N+](=O)[O-])c5)o4)c3)nc2c1. The largest absolute Gasteiger partial charge is 0.451 e. The monoisotopic (exact) mass is 512 g/mol. The molecule has 37 heavy (non-hydrogen) atoms. The topological polar surface area (TPSA) is 123 Å². The molecule has 0 saturated heterocycles. The van der Waals surface area contributed by atoms with E-state index in [2.05, 4.69) is 15.6 Å².